The Morgan fingerprint density at radius 2 is 2.44 bits per heavy atom. The Bertz CT molecular complexity index is 330. The Hall–Kier alpha value is -1.13. The molecular formula is C11H15ClN2O2. The molecule has 0 aromatic carbocycles. The van der Waals surface area contributed by atoms with E-state index in [9.17, 15) is 4.79 Å². The van der Waals surface area contributed by atoms with Gasteiger partial charge in [0.15, 0.2) is 0 Å². The van der Waals surface area contributed by atoms with Crippen LogP contribution in [0.1, 0.15) is 12.5 Å². The summed E-state index contributed by atoms with van der Waals surface area (Å²) in [5, 5.41) is 8.31. The number of amides is 1. The second-order valence-electron chi connectivity index (χ2n) is 3.46. The monoisotopic (exact) mass is 242 g/mol. The van der Waals surface area contributed by atoms with E-state index >= 15 is 0 Å². The molecule has 1 unspecified atom stereocenters. The lowest BCUT2D eigenvalue weighted by atomic mass is 10.2. The van der Waals surface area contributed by atoms with Crippen molar-refractivity contribution in [2.75, 3.05) is 13.2 Å². The summed E-state index contributed by atoms with van der Waals surface area (Å²) in [6.45, 7) is 2.25. The number of alkyl halides is 1. The lowest BCUT2D eigenvalue weighted by molar-refractivity contribution is -0.131. The molecule has 1 N–H and O–H groups in total. The van der Waals surface area contributed by atoms with Gasteiger partial charge in [0, 0.05) is 25.5 Å². The van der Waals surface area contributed by atoms with Gasteiger partial charge < -0.3 is 10.0 Å². The summed E-state index contributed by atoms with van der Waals surface area (Å²) in [4.78, 5) is 17.2. The Morgan fingerprint density at radius 3 is 2.94 bits per heavy atom. The summed E-state index contributed by atoms with van der Waals surface area (Å²) in [5.41, 5.74) is 0.918. The number of aliphatic hydroxyl groups excluding tert-OH is 1. The van der Waals surface area contributed by atoms with Crippen LogP contribution in [-0.2, 0) is 11.3 Å². The number of aromatic nitrogens is 1. The van der Waals surface area contributed by atoms with Gasteiger partial charge in [-0.05, 0) is 18.6 Å². The molecule has 0 aliphatic heterocycles. The van der Waals surface area contributed by atoms with Crippen LogP contribution in [0.3, 0.4) is 0 Å². The van der Waals surface area contributed by atoms with E-state index in [0.717, 1.165) is 5.56 Å². The van der Waals surface area contributed by atoms with Gasteiger partial charge in [-0.2, -0.15) is 0 Å². The fourth-order valence-electron chi connectivity index (χ4n) is 1.35. The Kier molecular flexibility index (Phi) is 5.22. The van der Waals surface area contributed by atoms with Crippen LogP contribution in [0.2, 0.25) is 0 Å². The fourth-order valence-corrected chi connectivity index (χ4v) is 1.49. The van der Waals surface area contributed by atoms with Gasteiger partial charge in [-0.15, -0.1) is 11.6 Å². The molecule has 1 aromatic heterocycles. The fraction of sp³-hybridized carbons (Fsp3) is 0.455. The molecule has 0 aliphatic rings. The number of carbonyl (C=O) groups is 1. The topological polar surface area (TPSA) is 53.4 Å². The minimum atomic E-state index is -0.580. The zero-order chi connectivity index (χ0) is 12.0. The van der Waals surface area contributed by atoms with Gasteiger partial charge in [-0.3, -0.25) is 9.78 Å². The molecule has 4 nitrogen and oxygen atoms in total. The number of aliphatic hydroxyl groups is 1. The Morgan fingerprint density at radius 1 is 1.69 bits per heavy atom. The van der Waals surface area contributed by atoms with Gasteiger partial charge in [0.2, 0.25) is 5.91 Å². The molecule has 1 atom stereocenters. The number of pyridine rings is 1. The van der Waals surface area contributed by atoms with Crippen molar-refractivity contribution < 1.29 is 9.90 Å². The standard InChI is InChI=1S/C11H15ClN2O2/c1-9(12)11(16)14(5-6-15)8-10-3-2-4-13-7-10/h2-4,7,9,15H,5-6,8H2,1H3. The van der Waals surface area contributed by atoms with Gasteiger partial charge in [-0.25, -0.2) is 0 Å². The Balaban J connectivity index is 2.68. The summed E-state index contributed by atoms with van der Waals surface area (Å²) < 4.78 is 0. The maximum Gasteiger partial charge on any atom is 0.240 e. The third-order valence-electron chi connectivity index (χ3n) is 2.12. The van der Waals surface area contributed by atoms with E-state index in [1.807, 2.05) is 6.07 Å². The predicted octanol–water partition coefficient (Wildman–Crippen LogP) is 1.03. The molecule has 0 spiro atoms. The molecule has 0 bridgehead atoms. The van der Waals surface area contributed by atoms with Gasteiger partial charge in [-0.1, -0.05) is 6.07 Å². The van der Waals surface area contributed by atoms with Crippen molar-refractivity contribution in [3.63, 3.8) is 0 Å². The van der Waals surface area contributed by atoms with Gasteiger partial charge in [0.25, 0.3) is 0 Å². The van der Waals surface area contributed by atoms with Crippen LogP contribution < -0.4 is 0 Å². The normalized spacial score (nSPS) is 12.2. The van der Waals surface area contributed by atoms with Gasteiger partial charge in [0.1, 0.15) is 5.38 Å². The lowest BCUT2D eigenvalue weighted by Crippen LogP contribution is -2.37. The minimum Gasteiger partial charge on any atom is -0.395 e. The SMILES string of the molecule is CC(Cl)C(=O)N(CCO)Cc1cccnc1. The second kappa shape index (κ2) is 6.45. The van der Waals surface area contributed by atoms with Gasteiger partial charge >= 0.3 is 0 Å². The van der Waals surface area contributed by atoms with E-state index in [1.54, 1.807) is 25.4 Å². The zero-order valence-electron chi connectivity index (χ0n) is 9.14. The Labute approximate surface area is 99.9 Å². The highest BCUT2D eigenvalue weighted by atomic mass is 35.5. The first-order valence-corrected chi connectivity index (χ1v) is 5.51. The molecule has 5 heteroatoms. The number of hydrogen-bond donors (Lipinski definition) is 1. The molecule has 0 aliphatic carbocycles. The number of nitrogens with zero attached hydrogens (tertiary/aromatic N) is 2. The number of rotatable bonds is 5. The first kappa shape index (κ1) is 12.9. The van der Waals surface area contributed by atoms with Crippen molar-refractivity contribution in [1.29, 1.82) is 0 Å². The molecule has 0 saturated carbocycles. The van der Waals surface area contributed by atoms with Crippen LogP contribution in [0.5, 0.6) is 0 Å². The van der Waals surface area contributed by atoms with Crippen molar-refractivity contribution >= 4 is 17.5 Å². The van der Waals surface area contributed by atoms with Crippen molar-refractivity contribution in [3.8, 4) is 0 Å². The van der Waals surface area contributed by atoms with E-state index in [2.05, 4.69) is 4.98 Å². The summed E-state index contributed by atoms with van der Waals surface area (Å²) in [5.74, 6) is -0.181. The first-order chi connectivity index (χ1) is 7.65. The van der Waals surface area contributed by atoms with E-state index in [0.29, 0.717) is 6.54 Å². The minimum absolute atomic E-state index is 0.0738. The van der Waals surface area contributed by atoms with Crippen molar-refractivity contribution in [3.05, 3.63) is 30.1 Å². The zero-order valence-corrected chi connectivity index (χ0v) is 9.89. The maximum absolute atomic E-state index is 11.7. The first-order valence-electron chi connectivity index (χ1n) is 5.07. The molecule has 1 heterocycles. The molecule has 88 valence electrons. The average Bonchev–Trinajstić information content (AvgIpc) is 2.29. The molecule has 0 saturated heterocycles. The predicted molar refractivity (Wildman–Crippen MR) is 62.1 cm³/mol. The molecule has 16 heavy (non-hydrogen) atoms. The van der Waals surface area contributed by atoms with Crippen LogP contribution in [0, 0.1) is 0 Å². The van der Waals surface area contributed by atoms with E-state index in [-0.39, 0.29) is 19.1 Å². The second-order valence-corrected chi connectivity index (χ2v) is 4.12. The van der Waals surface area contributed by atoms with E-state index in [4.69, 9.17) is 16.7 Å². The van der Waals surface area contributed by atoms with E-state index in [1.165, 1.54) is 4.90 Å². The molecular weight excluding hydrogens is 228 g/mol. The van der Waals surface area contributed by atoms with Crippen LogP contribution in [0.4, 0.5) is 0 Å². The lowest BCUT2D eigenvalue weighted by Gasteiger charge is -2.22. The van der Waals surface area contributed by atoms with Crippen molar-refractivity contribution in [1.82, 2.24) is 9.88 Å². The van der Waals surface area contributed by atoms with E-state index < -0.39 is 5.38 Å². The summed E-state index contributed by atoms with van der Waals surface area (Å²) in [6, 6.07) is 3.69. The van der Waals surface area contributed by atoms with Crippen LogP contribution >= 0.6 is 11.6 Å². The summed E-state index contributed by atoms with van der Waals surface area (Å²) >= 11 is 5.74. The quantitative estimate of drug-likeness (QED) is 0.785. The number of hydrogen-bond acceptors (Lipinski definition) is 3. The molecule has 1 aromatic rings. The largest absolute Gasteiger partial charge is 0.395 e. The number of halogens is 1. The van der Waals surface area contributed by atoms with Crippen LogP contribution in [-0.4, -0.2) is 39.4 Å². The smallest absolute Gasteiger partial charge is 0.240 e. The molecule has 0 fully saturated rings. The van der Waals surface area contributed by atoms with Crippen molar-refractivity contribution in [2.24, 2.45) is 0 Å². The maximum atomic E-state index is 11.7. The molecule has 0 radical (unpaired) electrons. The molecule has 1 rings (SSSR count). The third kappa shape index (κ3) is 3.79. The average molecular weight is 243 g/mol. The summed E-state index contributed by atoms with van der Waals surface area (Å²) in [7, 11) is 0. The number of carbonyl (C=O) groups excluding carboxylic acids is 1. The highest BCUT2D eigenvalue weighted by Gasteiger charge is 2.18. The van der Waals surface area contributed by atoms with Crippen molar-refractivity contribution in [2.45, 2.75) is 18.8 Å². The van der Waals surface area contributed by atoms with Gasteiger partial charge in [0.05, 0.1) is 6.61 Å². The molecule has 1 amide bonds. The highest BCUT2D eigenvalue weighted by Crippen LogP contribution is 2.07. The highest BCUT2D eigenvalue weighted by molar-refractivity contribution is 6.30. The summed E-state index contributed by atoms with van der Waals surface area (Å²) in [6.07, 6.45) is 3.36. The third-order valence-corrected chi connectivity index (χ3v) is 2.30. The van der Waals surface area contributed by atoms with Crippen LogP contribution in [0.25, 0.3) is 0 Å². The van der Waals surface area contributed by atoms with Crippen LogP contribution in [0.15, 0.2) is 24.5 Å².